The number of amides is 1. The van der Waals surface area contributed by atoms with Crippen molar-refractivity contribution in [2.45, 2.75) is 45.6 Å². The highest BCUT2D eigenvalue weighted by Gasteiger charge is 2.23. The van der Waals surface area contributed by atoms with Crippen molar-refractivity contribution < 1.29 is 9.53 Å². The number of ether oxygens (including phenoxy) is 1. The van der Waals surface area contributed by atoms with E-state index in [0.29, 0.717) is 6.04 Å². The third-order valence-electron chi connectivity index (χ3n) is 3.64. The number of hydrogen-bond acceptors (Lipinski definition) is 2. The summed E-state index contributed by atoms with van der Waals surface area (Å²) in [5.74, 6) is 0.985. The van der Waals surface area contributed by atoms with Crippen molar-refractivity contribution >= 4 is 5.91 Å². The van der Waals surface area contributed by atoms with Gasteiger partial charge in [-0.1, -0.05) is 6.92 Å². The molecular weight excluding hydrogens is 238 g/mol. The van der Waals surface area contributed by atoms with Gasteiger partial charge in [0.05, 0.1) is 6.61 Å². The number of carbonyl (C=O) groups excluding carboxylic acids is 1. The minimum atomic E-state index is 0.147. The van der Waals surface area contributed by atoms with E-state index in [-0.39, 0.29) is 5.91 Å². The van der Waals surface area contributed by atoms with Crippen molar-refractivity contribution in [1.82, 2.24) is 4.90 Å². The maximum absolute atomic E-state index is 12.4. The van der Waals surface area contributed by atoms with E-state index in [4.69, 9.17) is 4.74 Å². The van der Waals surface area contributed by atoms with Crippen LogP contribution in [-0.2, 0) is 0 Å². The van der Waals surface area contributed by atoms with Crippen molar-refractivity contribution in [1.29, 1.82) is 0 Å². The fourth-order valence-electron chi connectivity index (χ4n) is 2.48. The van der Waals surface area contributed by atoms with E-state index in [1.165, 1.54) is 6.42 Å². The second-order valence-electron chi connectivity index (χ2n) is 5.22. The van der Waals surface area contributed by atoms with E-state index in [0.717, 1.165) is 43.7 Å². The van der Waals surface area contributed by atoms with E-state index < -0.39 is 0 Å². The molecule has 0 spiro atoms. The van der Waals surface area contributed by atoms with Crippen LogP contribution < -0.4 is 4.74 Å². The van der Waals surface area contributed by atoms with Gasteiger partial charge in [-0.15, -0.1) is 0 Å². The molecule has 1 atom stereocenters. The van der Waals surface area contributed by atoms with Gasteiger partial charge < -0.3 is 9.64 Å². The van der Waals surface area contributed by atoms with E-state index in [1.807, 2.05) is 29.2 Å². The lowest BCUT2D eigenvalue weighted by molar-refractivity contribution is 0.0635. The molecule has 0 aliphatic carbocycles. The van der Waals surface area contributed by atoms with Crippen LogP contribution in [0.5, 0.6) is 5.75 Å². The van der Waals surface area contributed by atoms with Crippen LogP contribution in [0.2, 0.25) is 0 Å². The molecular formula is C16H23NO2. The van der Waals surface area contributed by atoms with Crippen molar-refractivity contribution in [2.24, 2.45) is 0 Å². The molecule has 19 heavy (non-hydrogen) atoms. The zero-order chi connectivity index (χ0) is 13.7. The molecule has 104 valence electrons. The van der Waals surface area contributed by atoms with E-state index in [9.17, 15) is 4.79 Å². The molecule has 1 fully saturated rings. The summed E-state index contributed by atoms with van der Waals surface area (Å²) in [6.07, 6.45) is 4.46. The summed E-state index contributed by atoms with van der Waals surface area (Å²) in [6, 6.07) is 7.87. The first kappa shape index (κ1) is 13.9. The highest BCUT2D eigenvalue weighted by atomic mass is 16.5. The van der Waals surface area contributed by atoms with Crippen LogP contribution in [0.25, 0.3) is 0 Å². The van der Waals surface area contributed by atoms with Gasteiger partial charge in [-0.3, -0.25) is 4.79 Å². The first-order valence-corrected chi connectivity index (χ1v) is 7.26. The van der Waals surface area contributed by atoms with Crippen LogP contribution in [0, 0.1) is 0 Å². The van der Waals surface area contributed by atoms with E-state index >= 15 is 0 Å². The Hall–Kier alpha value is -1.51. The fourth-order valence-corrected chi connectivity index (χ4v) is 2.48. The first-order chi connectivity index (χ1) is 9.22. The number of hydrogen-bond donors (Lipinski definition) is 0. The van der Waals surface area contributed by atoms with Gasteiger partial charge in [-0.05, 0) is 56.9 Å². The summed E-state index contributed by atoms with van der Waals surface area (Å²) in [5, 5.41) is 0. The van der Waals surface area contributed by atoms with Gasteiger partial charge >= 0.3 is 0 Å². The minimum absolute atomic E-state index is 0.147. The smallest absolute Gasteiger partial charge is 0.254 e. The molecule has 0 radical (unpaired) electrons. The third kappa shape index (κ3) is 3.49. The van der Waals surface area contributed by atoms with Crippen molar-refractivity contribution in [2.75, 3.05) is 13.2 Å². The molecule has 1 aliphatic rings. The quantitative estimate of drug-likeness (QED) is 0.830. The van der Waals surface area contributed by atoms with Gasteiger partial charge in [-0.25, -0.2) is 0 Å². The summed E-state index contributed by atoms with van der Waals surface area (Å²) in [6.45, 7) is 5.82. The number of benzene rings is 1. The summed E-state index contributed by atoms with van der Waals surface area (Å²) < 4.78 is 5.53. The molecule has 0 aromatic heterocycles. The lowest BCUT2D eigenvalue weighted by Crippen LogP contribution is -2.41. The number of piperidine rings is 1. The second kappa shape index (κ2) is 6.60. The molecule has 0 unspecified atom stereocenters. The molecule has 1 saturated heterocycles. The predicted octanol–water partition coefficient (Wildman–Crippen LogP) is 3.49. The fraction of sp³-hybridized carbons (Fsp3) is 0.562. The van der Waals surface area contributed by atoms with Gasteiger partial charge in [0.15, 0.2) is 0 Å². The zero-order valence-electron chi connectivity index (χ0n) is 11.9. The Bertz CT molecular complexity index is 413. The molecule has 0 N–H and O–H groups in total. The molecule has 1 aromatic rings. The van der Waals surface area contributed by atoms with Crippen LogP contribution >= 0.6 is 0 Å². The Morgan fingerprint density at radius 2 is 2.05 bits per heavy atom. The van der Waals surface area contributed by atoms with Crippen molar-refractivity contribution in [3.05, 3.63) is 29.8 Å². The second-order valence-corrected chi connectivity index (χ2v) is 5.22. The highest BCUT2D eigenvalue weighted by Crippen LogP contribution is 2.20. The Morgan fingerprint density at radius 1 is 1.32 bits per heavy atom. The molecule has 0 bridgehead atoms. The molecule has 1 aromatic carbocycles. The highest BCUT2D eigenvalue weighted by molar-refractivity contribution is 5.94. The SMILES string of the molecule is CCCOc1ccc(C(=O)N2CCCC[C@@H]2C)cc1. The largest absolute Gasteiger partial charge is 0.494 e. The van der Waals surface area contributed by atoms with Gasteiger partial charge in [0, 0.05) is 18.2 Å². The molecule has 3 nitrogen and oxygen atoms in total. The standard InChI is InChI=1S/C16H23NO2/c1-3-12-19-15-9-7-14(8-10-15)16(18)17-11-5-4-6-13(17)2/h7-10,13H,3-6,11-12H2,1-2H3/t13-/m0/s1. The number of nitrogens with zero attached hydrogens (tertiary/aromatic N) is 1. The Kier molecular flexibility index (Phi) is 4.83. The maximum Gasteiger partial charge on any atom is 0.254 e. The normalized spacial score (nSPS) is 19.3. The molecule has 2 rings (SSSR count). The number of carbonyl (C=O) groups is 1. The Labute approximate surface area is 115 Å². The van der Waals surface area contributed by atoms with Crippen LogP contribution in [0.1, 0.15) is 49.9 Å². The lowest BCUT2D eigenvalue weighted by atomic mass is 10.0. The molecule has 0 saturated carbocycles. The number of likely N-dealkylation sites (tertiary alicyclic amines) is 1. The summed E-state index contributed by atoms with van der Waals surface area (Å²) in [4.78, 5) is 14.4. The van der Waals surface area contributed by atoms with Gasteiger partial charge in [0.25, 0.3) is 5.91 Å². The summed E-state index contributed by atoms with van der Waals surface area (Å²) >= 11 is 0. The van der Waals surface area contributed by atoms with Crippen LogP contribution in [-0.4, -0.2) is 30.0 Å². The van der Waals surface area contributed by atoms with Crippen molar-refractivity contribution in [3.63, 3.8) is 0 Å². The summed E-state index contributed by atoms with van der Waals surface area (Å²) in [5.41, 5.74) is 0.762. The van der Waals surface area contributed by atoms with Gasteiger partial charge in [0.2, 0.25) is 0 Å². The molecule has 1 aliphatic heterocycles. The third-order valence-corrected chi connectivity index (χ3v) is 3.64. The summed E-state index contributed by atoms with van der Waals surface area (Å²) in [7, 11) is 0. The monoisotopic (exact) mass is 261 g/mol. The topological polar surface area (TPSA) is 29.5 Å². The minimum Gasteiger partial charge on any atom is -0.494 e. The zero-order valence-corrected chi connectivity index (χ0v) is 11.9. The van der Waals surface area contributed by atoms with E-state index in [2.05, 4.69) is 13.8 Å². The van der Waals surface area contributed by atoms with E-state index in [1.54, 1.807) is 0 Å². The first-order valence-electron chi connectivity index (χ1n) is 7.26. The van der Waals surface area contributed by atoms with Crippen LogP contribution in [0.3, 0.4) is 0 Å². The molecule has 3 heteroatoms. The average Bonchev–Trinajstić information content (AvgIpc) is 2.45. The number of rotatable bonds is 4. The molecule has 1 heterocycles. The van der Waals surface area contributed by atoms with Crippen LogP contribution in [0.15, 0.2) is 24.3 Å². The lowest BCUT2D eigenvalue weighted by Gasteiger charge is -2.33. The Balaban J connectivity index is 2.02. The van der Waals surface area contributed by atoms with Gasteiger partial charge in [0.1, 0.15) is 5.75 Å². The molecule has 1 amide bonds. The average molecular weight is 261 g/mol. The van der Waals surface area contributed by atoms with Gasteiger partial charge in [-0.2, -0.15) is 0 Å². The van der Waals surface area contributed by atoms with Crippen molar-refractivity contribution in [3.8, 4) is 5.75 Å². The Morgan fingerprint density at radius 3 is 2.68 bits per heavy atom. The maximum atomic E-state index is 12.4. The van der Waals surface area contributed by atoms with Crippen LogP contribution in [0.4, 0.5) is 0 Å². The predicted molar refractivity (Wildman–Crippen MR) is 76.6 cm³/mol.